The number of rotatable bonds is 6. The van der Waals surface area contributed by atoms with Gasteiger partial charge in [-0.25, -0.2) is 4.39 Å². The molecule has 182 valence electrons. The maximum absolute atomic E-state index is 14.6. The zero-order chi connectivity index (χ0) is 24.9. The molecule has 0 aromatic heterocycles. The maximum Gasteiger partial charge on any atom is 0.250 e. The van der Waals surface area contributed by atoms with E-state index in [1.54, 1.807) is 18.1 Å². The van der Waals surface area contributed by atoms with Gasteiger partial charge in [-0.15, -0.1) is 0 Å². The number of nitrogens with two attached hydrogens (primary N) is 1. The van der Waals surface area contributed by atoms with Gasteiger partial charge in [0.1, 0.15) is 17.6 Å². The van der Waals surface area contributed by atoms with Crippen molar-refractivity contribution in [3.05, 3.63) is 76.6 Å². The number of hydrogen-bond donors (Lipinski definition) is 2. The number of benzene rings is 2. The molecule has 7 heteroatoms. The van der Waals surface area contributed by atoms with Crippen LogP contribution in [0.3, 0.4) is 0 Å². The Bertz CT molecular complexity index is 1200. The molecule has 2 aromatic carbocycles. The van der Waals surface area contributed by atoms with Crippen molar-refractivity contribution in [2.75, 3.05) is 26.8 Å². The number of aliphatic hydroxyl groups excluding tert-OH is 1. The number of nitriles is 1. The minimum atomic E-state index is -0.604. The van der Waals surface area contributed by atoms with Crippen molar-refractivity contribution in [1.82, 2.24) is 4.90 Å². The molecule has 0 spiro atoms. The summed E-state index contributed by atoms with van der Waals surface area (Å²) in [4.78, 5) is 15.4. The monoisotopic (exact) mass is 475 g/mol. The minimum absolute atomic E-state index is 0.0307. The molecular formula is C28H30FN3O3. The molecule has 2 aliphatic rings. The first-order valence-corrected chi connectivity index (χ1v) is 11.9. The molecule has 1 aliphatic heterocycles. The second-order valence-corrected chi connectivity index (χ2v) is 9.09. The molecule has 0 radical (unpaired) electrons. The number of nitrogens with zero attached hydrogens (tertiary/aromatic N) is 2. The average Bonchev–Trinajstić information content (AvgIpc) is 2.88. The van der Waals surface area contributed by atoms with Crippen LogP contribution in [0.2, 0.25) is 0 Å². The van der Waals surface area contributed by atoms with Crippen LogP contribution in [0.15, 0.2) is 54.1 Å². The van der Waals surface area contributed by atoms with Crippen LogP contribution >= 0.6 is 0 Å². The van der Waals surface area contributed by atoms with E-state index in [1.807, 2.05) is 36.4 Å². The Morgan fingerprint density at radius 2 is 2.00 bits per heavy atom. The van der Waals surface area contributed by atoms with E-state index in [4.69, 9.17) is 15.7 Å². The smallest absolute Gasteiger partial charge is 0.250 e. The van der Waals surface area contributed by atoms with Gasteiger partial charge in [0.15, 0.2) is 0 Å². The van der Waals surface area contributed by atoms with Crippen molar-refractivity contribution in [1.29, 1.82) is 5.26 Å². The van der Waals surface area contributed by atoms with Gasteiger partial charge in [0.25, 0.3) is 0 Å². The standard InChI is InChI=1S/C28H30FN3O3/c1-35-23-8-6-18(7-9-23)24-13-20(10-12-33)26(28(34)32-11-2-3-22(31)17-32)15-25(24)19-4-5-21(16-30)27(29)14-19/h4-9,14-15,20,22,33H,2-3,10-13,17,31H2,1H3/t20?,22-/m1/s1. The molecule has 1 aliphatic carbocycles. The van der Waals surface area contributed by atoms with Gasteiger partial charge in [-0.05, 0) is 84.2 Å². The number of allylic oxidation sites excluding steroid dienone is 3. The van der Waals surface area contributed by atoms with Crippen LogP contribution in [0.4, 0.5) is 4.39 Å². The van der Waals surface area contributed by atoms with E-state index in [1.165, 1.54) is 12.1 Å². The Morgan fingerprint density at radius 3 is 2.63 bits per heavy atom. The molecule has 0 bridgehead atoms. The topological polar surface area (TPSA) is 99.6 Å². The maximum atomic E-state index is 14.6. The normalized spacial score (nSPS) is 20.3. The molecule has 4 rings (SSSR count). The number of carbonyl (C=O) groups is 1. The third-order valence-corrected chi connectivity index (χ3v) is 6.82. The highest BCUT2D eigenvalue weighted by Crippen LogP contribution is 2.42. The molecule has 6 nitrogen and oxygen atoms in total. The van der Waals surface area contributed by atoms with Crippen LogP contribution in [-0.4, -0.2) is 48.8 Å². The van der Waals surface area contributed by atoms with Crippen molar-refractivity contribution in [2.45, 2.75) is 31.7 Å². The van der Waals surface area contributed by atoms with Gasteiger partial charge >= 0.3 is 0 Å². The highest BCUT2D eigenvalue weighted by atomic mass is 19.1. The first-order chi connectivity index (χ1) is 16.9. The average molecular weight is 476 g/mol. The molecule has 1 saturated heterocycles. The van der Waals surface area contributed by atoms with Gasteiger partial charge in [0, 0.05) is 31.3 Å². The summed E-state index contributed by atoms with van der Waals surface area (Å²) in [6, 6.07) is 13.9. The number of aliphatic hydroxyl groups is 1. The lowest BCUT2D eigenvalue weighted by molar-refractivity contribution is -0.128. The molecule has 2 atom stereocenters. The summed E-state index contributed by atoms with van der Waals surface area (Å²) in [5, 5.41) is 19.0. The largest absolute Gasteiger partial charge is 0.497 e. The summed E-state index contributed by atoms with van der Waals surface area (Å²) in [7, 11) is 1.60. The summed E-state index contributed by atoms with van der Waals surface area (Å²) in [5.74, 6) is -0.156. The number of amides is 1. The van der Waals surface area contributed by atoms with Crippen LogP contribution in [0.1, 0.15) is 42.4 Å². The number of hydrogen-bond acceptors (Lipinski definition) is 5. The molecule has 1 amide bonds. The molecule has 0 saturated carbocycles. The van der Waals surface area contributed by atoms with E-state index in [2.05, 4.69) is 0 Å². The van der Waals surface area contributed by atoms with Gasteiger partial charge in [-0.2, -0.15) is 5.26 Å². The van der Waals surface area contributed by atoms with E-state index in [0.717, 1.165) is 35.3 Å². The predicted octanol–water partition coefficient (Wildman–Crippen LogP) is 3.90. The Balaban J connectivity index is 1.85. The lowest BCUT2D eigenvalue weighted by Gasteiger charge is -2.35. The van der Waals surface area contributed by atoms with Crippen molar-refractivity contribution in [3.8, 4) is 11.8 Å². The summed E-state index contributed by atoms with van der Waals surface area (Å²) < 4.78 is 19.9. The summed E-state index contributed by atoms with van der Waals surface area (Å²) in [5.41, 5.74) is 9.90. The van der Waals surface area contributed by atoms with E-state index in [9.17, 15) is 14.3 Å². The number of halogens is 1. The Morgan fingerprint density at radius 1 is 1.26 bits per heavy atom. The Kier molecular flexibility index (Phi) is 7.64. The molecule has 3 N–H and O–H groups in total. The van der Waals surface area contributed by atoms with Crippen LogP contribution in [0, 0.1) is 23.1 Å². The van der Waals surface area contributed by atoms with Crippen molar-refractivity contribution in [3.63, 3.8) is 0 Å². The molecule has 35 heavy (non-hydrogen) atoms. The van der Waals surface area contributed by atoms with Gasteiger partial charge in [0.05, 0.1) is 12.7 Å². The highest BCUT2D eigenvalue weighted by molar-refractivity contribution is 6.04. The molecular weight excluding hydrogens is 445 g/mol. The van der Waals surface area contributed by atoms with Crippen LogP contribution in [-0.2, 0) is 4.79 Å². The predicted molar refractivity (Wildman–Crippen MR) is 133 cm³/mol. The fourth-order valence-corrected chi connectivity index (χ4v) is 4.95. The Hall–Kier alpha value is -3.47. The summed E-state index contributed by atoms with van der Waals surface area (Å²) in [6.07, 6.45) is 4.53. The second kappa shape index (κ2) is 10.9. The first-order valence-electron chi connectivity index (χ1n) is 11.9. The van der Waals surface area contributed by atoms with Crippen molar-refractivity contribution >= 4 is 17.1 Å². The summed E-state index contributed by atoms with van der Waals surface area (Å²) in [6.45, 7) is 1.09. The second-order valence-electron chi connectivity index (χ2n) is 9.09. The number of methoxy groups -OCH3 is 1. The number of carbonyl (C=O) groups excluding carboxylic acids is 1. The zero-order valence-electron chi connectivity index (χ0n) is 19.8. The molecule has 1 unspecified atom stereocenters. The lowest BCUT2D eigenvalue weighted by Crippen LogP contribution is -2.47. The third-order valence-electron chi connectivity index (χ3n) is 6.82. The van der Waals surface area contributed by atoms with Crippen molar-refractivity contribution < 1.29 is 19.0 Å². The Labute approximate surface area is 205 Å². The van der Waals surface area contributed by atoms with E-state index < -0.39 is 5.82 Å². The van der Waals surface area contributed by atoms with Gasteiger partial charge in [-0.3, -0.25) is 4.79 Å². The van der Waals surface area contributed by atoms with Crippen LogP contribution in [0.25, 0.3) is 11.1 Å². The van der Waals surface area contributed by atoms with E-state index in [0.29, 0.717) is 37.1 Å². The summed E-state index contributed by atoms with van der Waals surface area (Å²) >= 11 is 0. The zero-order valence-corrected chi connectivity index (χ0v) is 19.8. The number of piperidine rings is 1. The van der Waals surface area contributed by atoms with Crippen LogP contribution < -0.4 is 10.5 Å². The number of likely N-dealkylation sites (tertiary alicyclic amines) is 1. The van der Waals surface area contributed by atoms with Crippen LogP contribution in [0.5, 0.6) is 5.75 Å². The molecule has 1 heterocycles. The van der Waals surface area contributed by atoms with Gasteiger partial charge in [0.2, 0.25) is 5.91 Å². The molecule has 2 aromatic rings. The highest BCUT2D eigenvalue weighted by Gasteiger charge is 2.32. The fraction of sp³-hybridized carbons (Fsp3) is 0.357. The van der Waals surface area contributed by atoms with Gasteiger partial charge < -0.3 is 20.5 Å². The van der Waals surface area contributed by atoms with E-state index in [-0.39, 0.29) is 30.0 Å². The SMILES string of the molecule is COc1ccc(C2=C(c3ccc(C#N)c(F)c3)C=C(C(=O)N3CCC[C@@H](N)C3)C(CCO)C2)cc1. The lowest BCUT2D eigenvalue weighted by atomic mass is 9.77. The molecule has 1 fully saturated rings. The van der Waals surface area contributed by atoms with Crippen molar-refractivity contribution in [2.24, 2.45) is 11.7 Å². The number of ether oxygens (including phenoxy) is 1. The first kappa shape index (κ1) is 24.6. The fourth-order valence-electron chi connectivity index (χ4n) is 4.95. The minimum Gasteiger partial charge on any atom is -0.497 e. The third kappa shape index (κ3) is 5.29. The quantitative estimate of drug-likeness (QED) is 0.660. The van der Waals surface area contributed by atoms with E-state index >= 15 is 0 Å². The van der Waals surface area contributed by atoms with Gasteiger partial charge in [-0.1, -0.05) is 18.2 Å².